The predicted octanol–water partition coefficient (Wildman–Crippen LogP) is 2.64. The van der Waals surface area contributed by atoms with Crippen molar-refractivity contribution in [2.24, 2.45) is 11.7 Å². The van der Waals surface area contributed by atoms with E-state index in [1.54, 1.807) is 0 Å². The molecule has 3 heteroatoms. The van der Waals surface area contributed by atoms with E-state index in [4.69, 9.17) is 5.73 Å². The van der Waals surface area contributed by atoms with Crippen LogP contribution in [-0.2, 0) is 0 Å². The van der Waals surface area contributed by atoms with Crippen LogP contribution in [-0.4, -0.2) is 24.5 Å². The zero-order valence-corrected chi connectivity index (χ0v) is 10.8. The summed E-state index contributed by atoms with van der Waals surface area (Å²) in [6.07, 6.45) is 5.50. The molecular weight excluding hydrogens is 216 g/mol. The Labute approximate surface area is 102 Å². The van der Waals surface area contributed by atoms with Crippen LogP contribution in [0.25, 0.3) is 0 Å². The van der Waals surface area contributed by atoms with Crippen LogP contribution in [0, 0.1) is 5.92 Å². The average Bonchev–Trinajstić information content (AvgIpc) is 2.88. The van der Waals surface area contributed by atoms with Crippen molar-refractivity contribution in [1.29, 1.82) is 0 Å². The molecule has 1 aromatic rings. The summed E-state index contributed by atoms with van der Waals surface area (Å²) in [5.74, 6) is 0.627. The van der Waals surface area contributed by atoms with Gasteiger partial charge in [0, 0.05) is 23.5 Å². The third-order valence-electron chi connectivity index (χ3n) is 3.34. The fourth-order valence-electron chi connectivity index (χ4n) is 2.22. The number of hydrogen-bond donors (Lipinski definition) is 1. The van der Waals surface area contributed by atoms with E-state index in [9.17, 15) is 0 Å². The standard InChI is InChI=1S/C13H20N2S/c1-10(13-4-3-7-16-13)15(2)9-11-5-6-12(14)8-11/h3-7,10-12H,8-9,14H2,1-2H3. The number of nitrogens with zero attached hydrogens (tertiary/aromatic N) is 1. The summed E-state index contributed by atoms with van der Waals surface area (Å²) in [5.41, 5.74) is 5.87. The molecule has 88 valence electrons. The van der Waals surface area contributed by atoms with Crippen LogP contribution in [0.3, 0.4) is 0 Å². The molecule has 0 aromatic carbocycles. The van der Waals surface area contributed by atoms with E-state index < -0.39 is 0 Å². The van der Waals surface area contributed by atoms with Crippen molar-refractivity contribution in [3.8, 4) is 0 Å². The molecule has 1 aromatic heterocycles. The van der Waals surface area contributed by atoms with E-state index in [1.807, 2.05) is 11.3 Å². The fraction of sp³-hybridized carbons (Fsp3) is 0.538. The van der Waals surface area contributed by atoms with Crippen LogP contribution >= 0.6 is 11.3 Å². The van der Waals surface area contributed by atoms with Gasteiger partial charge in [0.25, 0.3) is 0 Å². The Morgan fingerprint density at radius 3 is 2.94 bits per heavy atom. The van der Waals surface area contributed by atoms with E-state index in [-0.39, 0.29) is 6.04 Å². The molecule has 0 radical (unpaired) electrons. The zero-order valence-electron chi connectivity index (χ0n) is 9.97. The van der Waals surface area contributed by atoms with Crippen molar-refractivity contribution in [3.05, 3.63) is 34.5 Å². The van der Waals surface area contributed by atoms with Gasteiger partial charge in [0.05, 0.1) is 0 Å². The van der Waals surface area contributed by atoms with Gasteiger partial charge in [-0.05, 0) is 37.8 Å². The molecule has 2 rings (SSSR count). The summed E-state index contributed by atoms with van der Waals surface area (Å²) in [6.45, 7) is 3.37. The highest BCUT2D eigenvalue weighted by molar-refractivity contribution is 7.10. The number of hydrogen-bond acceptors (Lipinski definition) is 3. The van der Waals surface area contributed by atoms with Crippen molar-refractivity contribution in [2.45, 2.75) is 25.4 Å². The molecule has 3 atom stereocenters. The Kier molecular flexibility index (Phi) is 3.79. The van der Waals surface area contributed by atoms with Crippen molar-refractivity contribution in [2.75, 3.05) is 13.6 Å². The molecule has 2 nitrogen and oxygen atoms in total. The van der Waals surface area contributed by atoms with Gasteiger partial charge in [0.15, 0.2) is 0 Å². The minimum Gasteiger partial charge on any atom is -0.324 e. The third kappa shape index (κ3) is 2.73. The Balaban J connectivity index is 1.88. The third-order valence-corrected chi connectivity index (χ3v) is 4.39. The second kappa shape index (κ2) is 5.13. The van der Waals surface area contributed by atoms with Gasteiger partial charge in [-0.2, -0.15) is 0 Å². The molecule has 3 unspecified atom stereocenters. The molecule has 0 aliphatic heterocycles. The summed E-state index contributed by atoms with van der Waals surface area (Å²) >= 11 is 1.83. The second-order valence-corrected chi connectivity index (χ2v) is 5.65. The molecular formula is C13H20N2S. The fourth-order valence-corrected chi connectivity index (χ4v) is 3.06. The molecule has 0 saturated carbocycles. The molecule has 0 bridgehead atoms. The number of nitrogens with two attached hydrogens (primary N) is 1. The summed E-state index contributed by atoms with van der Waals surface area (Å²) < 4.78 is 0. The largest absolute Gasteiger partial charge is 0.324 e. The quantitative estimate of drug-likeness (QED) is 0.814. The maximum Gasteiger partial charge on any atom is 0.0410 e. The first kappa shape index (κ1) is 11.8. The SMILES string of the molecule is CC(c1cccs1)N(C)CC1C=CC(N)C1. The first-order chi connectivity index (χ1) is 7.66. The van der Waals surface area contributed by atoms with Gasteiger partial charge in [0.2, 0.25) is 0 Å². The van der Waals surface area contributed by atoms with Crippen LogP contribution in [0.1, 0.15) is 24.3 Å². The van der Waals surface area contributed by atoms with E-state index in [1.165, 1.54) is 4.88 Å². The lowest BCUT2D eigenvalue weighted by Gasteiger charge is -2.26. The smallest absolute Gasteiger partial charge is 0.0410 e. The van der Waals surface area contributed by atoms with Crippen LogP contribution in [0.5, 0.6) is 0 Å². The van der Waals surface area contributed by atoms with Crippen LogP contribution in [0.2, 0.25) is 0 Å². The zero-order chi connectivity index (χ0) is 11.5. The highest BCUT2D eigenvalue weighted by atomic mass is 32.1. The molecule has 0 saturated heterocycles. The second-order valence-electron chi connectivity index (χ2n) is 4.68. The maximum absolute atomic E-state index is 5.87. The van der Waals surface area contributed by atoms with E-state index in [2.05, 4.69) is 48.5 Å². The Bertz CT molecular complexity index is 345. The molecule has 1 aliphatic carbocycles. The van der Waals surface area contributed by atoms with Crippen LogP contribution < -0.4 is 5.73 Å². The van der Waals surface area contributed by atoms with Gasteiger partial charge in [-0.3, -0.25) is 4.90 Å². The Morgan fingerprint density at radius 2 is 2.38 bits per heavy atom. The van der Waals surface area contributed by atoms with Gasteiger partial charge in [-0.25, -0.2) is 0 Å². The van der Waals surface area contributed by atoms with Gasteiger partial charge < -0.3 is 5.73 Å². The number of rotatable bonds is 4. The highest BCUT2D eigenvalue weighted by Gasteiger charge is 2.20. The Hall–Kier alpha value is -0.640. The van der Waals surface area contributed by atoms with Crippen molar-refractivity contribution in [3.63, 3.8) is 0 Å². The summed E-state index contributed by atoms with van der Waals surface area (Å²) in [5, 5.41) is 2.14. The van der Waals surface area contributed by atoms with E-state index >= 15 is 0 Å². The van der Waals surface area contributed by atoms with Crippen LogP contribution in [0.15, 0.2) is 29.7 Å². The van der Waals surface area contributed by atoms with Crippen molar-refractivity contribution < 1.29 is 0 Å². The van der Waals surface area contributed by atoms with E-state index in [0.717, 1.165) is 13.0 Å². The van der Waals surface area contributed by atoms with Gasteiger partial charge >= 0.3 is 0 Å². The lowest BCUT2D eigenvalue weighted by Crippen LogP contribution is -2.28. The molecule has 1 heterocycles. The minimum absolute atomic E-state index is 0.274. The molecule has 0 fully saturated rings. The summed E-state index contributed by atoms with van der Waals surface area (Å²) in [4.78, 5) is 3.85. The first-order valence-electron chi connectivity index (χ1n) is 5.84. The van der Waals surface area contributed by atoms with Crippen molar-refractivity contribution >= 4 is 11.3 Å². The normalized spacial score (nSPS) is 26.5. The maximum atomic E-state index is 5.87. The average molecular weight is 236 g/mol. The molecule has 0 spiro atoms. The molecule has 0 amide bonds. The van der Waals surface area contributed by atoms with Crippen molar-refractivity contribution in [1.82, 2.24) is 4.90 Å². The molecule has 16 heavy (non-hydrogen) atoms. The summed E-state index contributed by atoms with van der Waals surface area (Å²) in [7, 11) is 2.20. The number of thiophene rings is 1. The predicted molar refractivity (Wildman–Crippen MR) is 70.6 cm³/mol. The monoisotopic (exact) mass is 236 g/mol. The van der Waals surface area contributed by atoms with Gasteiger partial charge in [-0.1, -0.05) is 18.2 Å². The summed E-state index contributed by atoms with van der Waals surface area (Å²) in [6, 6.07) is 5.11. The van der Waals surface area contributed by atoms with E-state index in [0.29, 0.717) is 12.0 Å². The minimum atomic E-state index is 0.274. The highest BCUT2D eigenvalue weighted by Crippen LogP contribution is 2.26. The molecule has 1 aliphatic rings. The van der Waals surface area contributed by atoms with Gasteiger partial charge in [0.1, 0.15) is 0 Å². The first-order valence-corrected chi connectivity index (χ1v) is 6.72. The lowest BCUT2D eigenvalue weighted by molar-refractivity contribution is 0.237. The Morgan fingerprint density at radius 1 is 1.56 bits per heavy atom. The van der Waals surface area contributed by atoms with Crippen LogP contribution in [0.4, 0.5) is 0 Å². The molecule has 2 N–H and O–H groups in total. The van der Waals surface area contributed by atoms with Gasteiger partial charge in [-0.15, -0.1) is 11.3 Å². The lowest BCUT2D eigenvalue weighted by atomic mass is 10.1. The topological polar surface area (TPSA) is 29.3 Å².